The molecule has 1 atom stereocenters. The van der Waals surface area contributed by atoms with Crippen molar-refractivity contribution in [3.63, 3.8) is 0 Å². The first-order valence-electron chi connectivity index (χ1n) is 7.37. The van der Waals surface area contributed by atoms with Crippen molar-refractivity contribution in [3.05, 3.63) is 35.4 Å². The van der Waals surface area contributed by atoms with E-state index in [9.17, 15) is 8.78 Å². The average molecular weight is 269 g/mol. The van der Waals surface area contributed by atoms with Crippen LogP contribution >= 0.6 is 0 Å². The van der Waals surface area contributed by atoms with Crippen molar-refractivity contribution in [1.29, 1.82) is 0 Å². The van der Waals surface area contributed by atoms with Crippen molar-refractivity contribution in [3.8, 4) is 0 Å². The quantitative estimate of drug-likeness (QED) is 0.624. The van der Waals surface area contributed by atoms with Gasteiger partial charge in [0.05, 0.1) is 0 Å². The summed E-state index contributed by atoms with van der Waals surface area (Å²) in [5.74, 6) is -1.53. The number of halogens is 2. The lowest BCUT2D eigenvalue weighted by Crippen LogP contribution is -2.21. The summed E-state index contributed by atoms with van der Waals surface area (Å²) in [6, 6.07) is 4.33. The van der Waals surface area contributed by atoms with Crippen molar-refractivity contribution >= 4 is 0 Å². The normalized spacial score (nSPS) is 12.6. The summed E-state index contributed by atoms with van der Waals surface area (Å²) < 4.78 is 26.2. The van der Waals surface area contributed by atoms with Crippen LogP contribution in [0.4, 0.5) is 8.78 Å². The van der Waals surface area contributed by atoms with Crippen LogP contribution in [0, 0.1) is 11.6 Å². The maximum Gasteiger partial charge on any atom is 0.159 e. The van der Waals surface area contributed by atoms with E-state index >= 15 is 0 Å². The Hall–Kier alpha value is -0.960. The molecule has 0 aliphatic heterocycles. The van der Waals surface area contributed by atoms with Crippen molar-refractivity contribution in [1.82, 2.24) is 5.32 Å². The number of benzene rings is 1. The van der Waals surface area contributed by atoms with Gasteiger partial charge < -0.3 is 5.32 Å². The molecule has 0 saturated heterocycles. The van der Waals surface area contributed by atoms with Gasteiger partial charge in [0.15, 0.2) is 11.6 Å². The zero-order valence-electron chi connectivity index (χ0n) is 12.0. The standard InChI is InChI=1S/C16H25F2N/c1-3-5-6-7-8-9-16(19-4-2)13-10-11-14(17)15(18)12-13/h10-12,16,19H,3-9H2,1-2H3. The molecule has 1 rings (SSSR count). The summed E-state index contributed by atoms with van der Waals surface area (Å²) in [4.78, 5) is 0. The fraction of sp³-hybridized carbons (Fsp3) is 0.625. The SMILES string of the molecule is CCCCCCCC(NCC)c1ccc(F)c(F)c1. The maximum atomic E-state index is 13.3. The lowest BCUT2D eigenvalue weighted by atomic mass is 9.99. The third-order valence-corrected chi connectivity index (χ3v) is 3.39. The summed E-state index contributed by atoms with van der Waals surface area (Å²) >= 11 is 0. The number of rotatable bonds is 9. The maximum absolute atomic E-state index is 13.3. The van der Waals surface area contributed by atoms with Crippen molar-refractivity contribution < 1.29 is 8.78 Å². The van der Waals surface area contributed by atoms with Crippen LogP contribution in [0.5, 0.6) is 0 Å². The first-order chi connectivity index (χ1) is 9.19. The molecule has 1 nitrogen and oxygen atoms in total. The van der Waals surface area contributed by atoms with Crippen LogP contribution in [0.3, 0.4) is 0 Å². The van der Waals surface area contributed by atoms with E-state index in [-0.39, 0.29) is 6.04 Å². The Morgan fingerprint density at radius 3 is 2.37 bits per heavy atom. The van der Waals surface area contributed by atoms with Crippen LogP contribution in [0.15, 0.2) is 18.2 Å². The Kier molecular flexibility index (Phi) is 7.65. The smallest absolute Gasteiger partial charge is 0.159 e. The largest absolute Gasteiger partial charge is 0.310 e. The van der Waals surface area contributed by atoms with Crippen LogP contribution in [0.25, 0.3) is 0 Å². The number of hydrogen-bond acceptors (Lipinski definition) is 1. The fourth-order valence-corrected chi connectivity index (χ4v) is 2.31. The second-order valence-corrected chi connectivity index (χ2v) is 4.99. The molecule has 1 N–H and O–H groups in total. The van der Waals surface area contributed by atoms with Crippen molar-refractivity contribution in [2.45, 2.75) is 58.4 Å². The second-order valence-electron chi connectivity index (χ2n) is 4.99. The first-order valence-corrected chi connectivity index (χ1v) is 7.37. The Labute approximate surface area is 115 Å². The third kappa shape index (κ3) is 5.68. The highest BCUT2D eigenvalue weighted by Gasteiger charge is 2.12. The summed E-state index contributed by atoms with van der Waals surface area (Å²) in [5, 5.41) is 3.35. The molecule has 0 aromatic heterocycles. The molecule has 3 heteroatoms. The van der Waals surface area contributed by atoms with Crippen LogP contribution in [0.2, 0.25) is 0 Å². The minimum Gasteiger partial charge on any atom is -0.310 e. The van der Waals surface area contributed by atoms with Gasteiger partial charge in [0.1, 0.15) is 0 Å². The Morgan fingerprint density at radius 1 is 1.00 bits per heavy atom. The van der Waals surface area contributed by atoms with Gasteiger partial charge in [0.25, 0.3) is 0 Å². The molecule has 0 fully saturated rings. The molecule has 1 aromatic carbocycles. The highest BCUT2D eigenvalue weighted by atomic mass is 19.2. The van der Waals surface area contributed by atoms with E-state index in [1.807, 2.05) is 6.92 Å². The molecular formula is C16H25F2N. The Morgan fingerprint density at radius 2 is 1.74 bits per heavy atom. The van der Waals surface area contributed by atoms with Gasteiger partial charge in [-0.2, -0.15) is 0 Å². The molecule has 0 bridgehead atoms. The van der Waals surface area contributed by atoms with Gasteiger partial charge >= 0.3 is 0 Å². The van der Waals surface area contributed by atoms with Gasteiger partial charge in [0.2, 0.25) is 0 Å². The molecular weight excluding hydrogens is 244 g/mol. The van der Waals surface area contributed by atoms with Crippen molar-refractivity contribution in [2.24, 2.45) is 0 Å². The molecule has 0 saturated carbocycles. The minimum absolute atomic E-state index is 0.127. The van der Waals surface area contributed by atoms with Gasteiger partial charge in [0, 0.05) is 6.04 Å². The monoisotopic (exact) mass is 269 g/mol. The van der Waals surface area contributed by atoms with E-state index in [2.05, 4.69) is 12.2 Å². The summed E-state index contributed by atoms with van der Waals surface area (Å²) in [5.41, 5.74) is 0.844. The molecule has 0 radical (unpaired) electrons. The minimum atomic E-state index is -0.776. The second kappa shape index (κ2) is 9.03. The van der Waals surface area contributed by atoms with Gasteiger partial charge in [-0.15, -0.1) is 0 Å². The predicted octanol–water partition coefficient (Wildman–Crippen LogP) is 4.98. The van der Waals surface area contributed by atoms with Crippen LogP contribution in [0.1, 0.15) is 64.0 Å². The molecule has 0 aliphatic carbocycles. The molecule has 1 unspecified atom stereocenters. The van der Waals surface area contributed by atoms with E-state index in [0.717, 1.165) is 24.9 Å². The topological polar surface area (TPSA) is 12.0 Å². The number of nitrogens with one attached hydrogen (secondary N) is 1. The molecule has 1 aromatic rings. The lowest BCUT2D eigenvalue weighted by molar-refractivity contribution is 0.468. The molecule has 0 spiro atoms. The molecule has 0 heterocycles. The highest BCUT2D eigenvalue weighted by molar-refractivity contribution is 5.21. The molecule has 108 valence electrons. The fourth-order valence-electron chi connectivity index (χ4n) is 2.31. The summed E-state index contributed by atoms with van der Waals surface area (Å²) in [6.07, 6.45) is 7.07. The van der Waals surface area contributed by atoms with Crippen molar-refractivity contribution in [2.75, 3.05) is 6.54 Å². The van der Waals surface area contributed by atoms with E-state index in [1.165, 1.54) is 37.8 Å². The predicted molar refractivity (Wildman–Crippen MR) is 76.2 cm³/mol. The zero-order chi connectivity index (χ0) is 14.1. The van der Waals surface area contributed by atoms with E-state index < -0.39 is 11.6 Å². The lowest BCUT2D eigenvalue weighted by Gasteiger charge is -2.18. The zero-order valence-corrected chi connectivity index (χ0v) is 12.0. The van der Waals surface area contributed by atoms with E-state index in [4.69, 9.17) is 0 Å². The summed E-state index contributed by atoms with van der Waals surface area (Å²) in [6.45, 7) is 5.06. The van der Waals surface area contributed by atoms with Crippen LogP contribution in [-0.4, -0.2) is 6.54 Å². The van der Waals surface area contributed by atoms with Crippen LogP contribution < -0.4 is 5.32 Å². The molecule has 0 amide bonds. The third-order valence-electron chi connectivity index (χ3n) is 3.39. The Bertz CT molecular complexity index is 366. The average Bonchev–Trinajstić information content (AvgIpc) is 2.40. The summed E-state index contributed by atoms with van der Waals surface area (Å²) in [7, 11) is 0. The molecule has 0 aliphatic rings. The number of hydrogen-bond donors (Lipinski definition) is 1. The van der Waals surface area contributed by atoms with Gasteiger partial charge in [-0.05, 0) is 30.7 Å². The first kappa shape index (κ1) is 16.1. The van der Waals surface area contributed by atoms with Gasteiger partial charge in [-0.25, -0.2) is 8.78 Å². The number of unbranched alkanes of at least 4 members (excludes halogenated alkanes) is 4. The van der Waals surface area contributed by atoms with Gasteiger partial charge in [-0.1, -0.05) is 52.0 Å². The van der Waals surface area contributed by atoms with Gasteiger partial charge in [-0.3, -0.25) is 0 Å². The molecule has 19 heavy (non-hydrogen) atoms. The van der Waals surface area contributed by atoms with Crippen LogP contribution in [-0.2, 0) is 0 Å². The highest BCUT2D eigenvalue weighted by Crippen LogP contribution is 2.22. The van der Waals surface area contributed by atoms with E-state index in [1.54, 1.807) is 6.07 Å². The van der Waals surface area contributed by atoms with E-state index in [0.29, 0.717) is 0 Å². The Balaban J connectivity index is 2.53.